The number of carbonyl (C=O) groups is 1. The molecule has 1 heterocycles. The van der Waals surface area contributed by atoms with E-state index in [1.807, 2.05) is 31.2 Å². The molecule has 0 saturated heterocycles. The first-order valence-electron chi connectivity index (χ1n) is 7.28. The van der Waals surface area contributed by atoms with E-state index in [2.05, 4.69) is 6.92 Å². The Hall–Kier alpha value is -1.77. The molecule has 1 aromatic heterocycles. The third kappa shape index (κ3) is 2.21. The van der Waals surface area contributed by atoms with Crippen LogP contribution < -0.4 is 0 Å². The maximum absolute atomic E-state index is 11.5. The van der Waals surface area contributed by atoms with Crippen molar-refractivity contribution in [3.63, 3.8) is 0 Å². The smallest absolute Gasteiger partial charge is 0.307 e. The standard InChI is InChI=1S/C17H20O3/c1-10-6-7-13(17(18)19)14(8-10)15-9-12-5-3-4-11(2)16(12)20-15/h3-5,9-10,13-14H,6-8H2,1-2H3,(H,18,19). The van der Waals surface area contributed by atoms with Crippen LogP contribution in [0.3, 0.4) is 0 Å². The van der Waals surface area contributed by atoms with Gasteiger partial charge in [0, 0.05) is 11.3 Å². The highest BCUT2D eigenvalue weighted by molar-refractivity contribution is 5.81. The van der Waals surface area contributed by atoms with Crippen molar-refractivity contribution >= 4 is 16.9 Å². The number of carboxylic acids is 1. The number of aliphatic carboxylic acids is 1. The van der Waals surface area contributed by atoms with Gasteiger partial charge < -0.3 is 9.52 Å². The summed E-state index contributed by atoms with van der Waals surface area (Å²) in [4.78, 5) is 11.5. The molecule has 3 unspecified atom stereocenters. The monoisotopic (exact) mass is 272 g/mol. The molecule has 0 aliphatic heterocycles. The summed E-state index contributed by atoms with van der Waals surface area (Å²) in [6.45, 7) is 4.22. The quantitative estimate of drug-likeness (QED) is 0.884. The molecule has 0 amide bonds. The van der Waals surface area contributed by atoms with E-state index in [0.717, 1.165) is 41.6 Å². The number of para-hydroxylation sites is 1. The summed E-state index contributed by atoms with van der Waals surface area (Å²) in [6, 6.07) is 8.08. The van der Waals surface area contributed by atoms with Gasteiger partial charge in [-0.25, -0.2) is 0 Å². The second-order valence-corrected chi connectivity index (χ2v) is 6.11. The minimum Gasteiger partial charge on any atom is -0.481 e. The first-order chi connectivity index (χ1) is 9.56. The molecule has 1 aromatic carbocycles. The predicted molar refractivity (Wildman–Crippen MR) is 77.8 cm³/mol. The fourth-order valence-corrected chi connectivity index (χ4v) is 3.40. The van der Waals surface area contributed by atoms with Crippen molar-refractivity contribution in [2.75, 3.05) is 0 Å². The van der Waals surface area contributed by atoms with Crippen LogP contribution in [-0.4, -0.2) is 11.1 Å². The van der Waals surface area contributed by atoms with Crippen LogP contribution in [0, 0.1) is 18.8 Å². The van der Waals surface area contributed by atoms with Crippen LogP contribution in [0.25, 0.3) is 11.0 Å². The van der Waals surface area contributed by atoms with Crippen molar-refractivity contribution in [1.82, 2.24) is 0 Å². The zero-order chi connectivity index (χ0) is 14.3. The predicted octanol–water partition coefficient (Wildman–Crippen LogP) is 4.35. The zero-order valence-corrected chi connectivity index (χ0v) is 11.9. The lowest BCUT2D eigenvalue weighted by molar-refractivity contribution is -0.144. The van der Waals surface area contributed by atoms with Crippen LogP contribution in [0.2, 0.25) is 0 Å². The summed E-state index contributed by atoms with van der Waals surface area (Å²) in [5, 5.41) is 10.5. The lowest BCUT2D eigenvalue weighted by atomic mass is 9.73. The minimum absolute atomic E-state index is 0.00282. The highest BCUT2D eigenvalue weighted by Crippen LogP contribution is 2.42. The maximum atomic E-state index is 11.5. The Labute approximate surface area is 118 Å². The minimum atomic E-state index is -0.695. The normalized spacial score (nSPS) is 26.8. The van der Waals surface area contributed by atoms with Crippen molar-refractivity contribution in [2.24, 2.45) is 11.8 Å². The molecule has 0 spiro atoms. The van der Waals surface area contributed by atoms with Crippen LogP contribution in [0.15, 0.2) is 28.7 Å². The summed E-state index contributed by atoms with van der Waals surface area (Å²) in [5.41, 5.74) is 1.99. The van der Waals surface area contributed by atoms with Crippen molar-refractivity contribution in [3.8, 4) is 0 Å². The SMILES string of the molecule is Cc1cccc2cc(C3CC(C)CCC3C(=O)O)oc12. The van der Waals surface area contributed by atoms with Gasteiger partial charge >= 0.3 is 5.97 Å². The van der Waals surface area contributed by atoms with Gasteiger partial charge in [0.25, 0.3) is 0 Å². The molecule has 106 valence electrons. The Bertz CT molecular complexity index is 641. The maximum Gasteiger partial charge on any atom is 0.307 e. The highest BCUT2D eigenvalue weighted by atomic mass is 16.4. The van der Waals surface area contributed by atoms with E-state index in [9.17, 15) is 9.90 Å². The molecule has 3 nitrogen and oxygen atoms in total. The van der Waals surface area contributed by atoms with E-state index in [0.29, 0.717) is 5.92 Å². The van der Waals surface area contributed by atoms with Gasteiger partial charge in [0.05, 0.1) is 5.92 Å². The second-order valence-electron chi connectivity index (χ2n) is 6.11. The van der Waals surface area contributed by atoms with Crippen LogP contribution >= 0.6 is 0 Å². The van der Waals surface area contributed by atoms with Crippen LogP contribution in [0.4, 0.5) is 0 Å². The lowest BCUT2D eigenvalue weighted by Crippen LogP contribution is -2.28. The van der Waals surface area contributed by atoms with Gasteiger partial charge in [0.15, 0.2) is 0 Å². The molecule has 3 heteroatoms. The Morgan fingerprint density at radius 2 is 2.15 bits per heavy atom. The molecule has 1 fully saturated rings. The molecule has 1 N–H and O–H groups in total. The number of furan rings is 1. The van der Waals surface area contributed by atoms with E-state index in [4.69, 9.17) is 4.42 Å². The fraction of sp³-hybridized carbons (Fsp3) is 0.471. The highest BCUT2D eigenvalue weighted by Gasteiger charge is 2.36. The topological polar surface area (TPSA) is 50.4 Å². The summed E-state index contributed by atoms with van der Waals surface area (Å²) >= 11 is 0. The summed E-state index contributed by atoms with van der Waals surface area (Å²) < 4.78 is 6.00. The number of hydrogen-bond acceptors (Lipinski definition) is 2. The molecule has 3 rings (SSSR count). The van der Waals surface area contributed by atoms with E-state index in [-0.39, 0.29) is 11.8 Å². The molecular formula is C17H20O3. The molecule has 20 heavy (non-hydrogen) atoms. The lowest BCUT2D eigenvalue weighted by Gasteiger charge is -2.30. The Morgan fingerprint density at radius 3 is 2.85 bits per heavy atom. The first-order valence-corrected chi connectivity index (χ1v) is 7.28. The molecule has 1 saturated carbocycles. The largest absolute Gasteiger partial charge is 0.481 e. The van der Waals surface area contributed by atoms with Gasteiger partial charge in [-0.15, -0.1) is 0 Å². The number of rotatable bonds is 2. The van der Waals surface area contributed by atoms with Crippen molar-refractivity contribution in [2.45, 2.75) is 39.0 Å². The van der Waals surface area contributed by atoms with Crippen molar-refractivity contribution in [3.05, 3.63) is 35.6 Å². The van der Waals surface area contributed by atoms with Crippen LogP contribution in [0.5, 0.6) is 0 Å². The second kappa shape index (κ2) is 4.97. The molecule has 3 atom stereocenters. The van der Waals surface area contributed by atoms with Gasteiger partial charge in [0.1, 0.15) is 11.3 Å². The number of hydrogen-bond donors (Lipinski definition) is 1. The van der Waals surface area contributed by atoms with Gasteiger partial charge in [0.2, 0.25) is 0 Å². The zero-order valence-electron chi connectivity index (χ0n) is 11.9. The first kappa shape index (κ1) is 13.2. The molecule has 0 bridgehead atoms. The third-order valence-corrected chi connectivity index (χ3v) is 4.56. The van der Waals surface area contributed by atoms with Gasteiger partial charge in [-0.2, -0.15) is 0 Å². The van der Waals surface area contributed by atoms with Crippen molar-refractivity contribution in [1.29, 1.82) is 0 Å². The van der Waals surface area contributed by atoms with E-state index < -0.39 is 5.97 Å². The summed E-state index contributed by atoms with van der Waals surface area (Å²) in [6.07, 6.45) is 2.64. The third-order valence-electron chi connectivity index (χ3n) is 4.56. The summed E-state index contributed by atoms with van der Waals surface area (Å²) in [7, 11) is 0. The van der Waals surface area contributed by atoms with Crippen molar-refractivity contribution < 1.29 is 14.3 Å². The fourth-order valence-electron chi connectivity index (χ4n) is 3.40. The summed E-state index contributed by atoms with van der Waals surface area (Å²) in [5.74, 6) is 0.396. The molecule has 1 aliphatic rings. The average Bonchev–Trinajstić information content (AvgIpc) is 2.83. The van der Waals surface area contributed by atoms with Crippen LogP contribution in [0.1, 0.15) is 43.4 Å². The van der Waals surface area contributed by atoms with E-state index in [1.54, 1.807) is 0 Å². The number of fused-ring (bicyclic) bond motifs is 1. The van der Waals surface area contributed by atoms with Crippen LogP contribution in [-0.2, 0) is 4.79 Å². The molecule has 2 aromatic rings. The van der Waals surface area contributed by atoms with Gasteiger partial charge in [-0.3, -0.25) is 4.79 Å². The number of carboxylic acid groups (broad SMARTS) is 1. The Morgan fingerprint density at radius 1 is 1.35 bits per heavy atom. The molecule has 0 radical (unpaired) electrons. The molecular weight excluding hydrogens is 252 g/mol. The Kier molecular flexibility index (Phi) is 3.28. The van der Waals surface area contributed by atoms with E-state index >= 15 is 0 Å². The number of benzene rings is 1. The number of aryl methyl sites for hydroxylation is 1. The van der Waals surface area contributed by atoms with Gasteiger partial charge in [-0.05, 0) is 43.7 Å². The Balaban J connectivity index is 2.02. The van der Waals surface area contributed by atoms with E-state index in [1.165, 1.54) is 0 Å². The van der Waals surface area contributed by atoms with Gasteiger partial charge in [-0.1, -0.05) is 25.1 Å². The average molecular weight is 272 g/mol. The molecule has 1 aliphatic carbocycles.